The molecule has 0 aliphatic rings. The average molecular weight is 333 g/mol. The van der Waals surface area contributed by atoms with Gasteiger partial charge in [-0.15, -0.1) is 0 Å². The minimum Gasteiger partial charge on any atom is -0.316 e. The molecule has 0 fully saturated rings. The maximum absolute atomic E-state index is 6.33. The molecule has 1 N–H and O–H groups in total. The van der Waals surface area contributed by atoms with E-state index >= 15 is 0 Å². The van der Waals surface area contributed by atoms with E-state index < -0.39 is 0 Å². The zero-order valence-corrected chi connectivity index (χ0v) is 13.9. The molecule has 0 saturated heterocycles. The molecule has 0 bridgehead atoms. The molecule has 1 nitrogen and oxygen atoms in total. The van der Waals surface area contributed by atoms with Crippen LogP contribution in [0.1, 0.15) is 39.2 Å². The molecule has 0 aromatic heterocycles. The SMILES string of the molecule is CCNCC(CC)(CC)Cc1ccc(Br)cc1Cl. The second kappa shape index (κ2) is 7.52. The lowest BCUT2D eigenvalue weighted by atomic mass is 9.77. The van der Waals surface area contributed by atoms with Gasteiger partial charge in [0.15, 0.2) is 0 Å². The Hall–Kier alpha value is -0.0500. The van der Waals surface area contributed by atoms with Crippen molar-refractivity contribution < 1.29 is 0 Å². The van der Waals surface area contributed by atoms with Crippen LogP contribution in [0.25, 0.3) is 0 Å². The third-order valence-electron chi connectivity index (χ3n) is 3.83. The molecule has 0 unspecified atom stereocenters. The Morgan fingerprint density at radius 2 is 1.89 bits per heavy atom. The first-order valence-electron chi connectivity index (χ1n) is 6.71. The molecule has 0 aliphatic carbocycles. The van der Waals surface area contributed by atoms with Gasteiger partial charge in [-0.1, -0.05) is 54.4 Å². The third-order valence-corrected chi connectivity index (χ3v) is 4.68. The highest BCUT2D eigenvalue weighted by Crippen LogP contribution is 2.33. The molecule has 0 amide bonds. The average Bonchev–Trinajstić information content (AvgIpc) is 2.37. The van der Waals surface area contributed by atoms with Gasteiger partial charge in [-0.2, -0.15) is 0 Å². The predicted molar refractivity (Wildman–Crippen MR) is 84.4 cm³/mol. The summed E-state index contributed by atoms with van der Waals surface area (Å²) in [5.74, 6) is 0. The molecule has 3 heteroatoms. The van der Waals surface area contributed by atoms with Crippen LogP contribution in [-0.4, -0.2) is 13.1 Å². The molecule has 0 saturated carbocycles. The maximum Gasteiger partial charge on any atom is 0.0449 e. The summed E-state index contributed by atoms with van der Waals surface area (Å²) in [6.07, 6.45) is 3.38. The van der Waals surface area contributed by atoms with E-state index in [4.69, 9.17) is 11.6 Å². The largest absolute Gasteiger partial charge is 0.316 e. The molecule has 102 valence electrons. The van der Waals surface area contributed by atoms with E-state index in [0.717, 1.165) is 29.0 Å². The van der Waals surface area contributed by atoms with Crippen LogP contribution in [0.5, 0.6) is 0 Å². The molecule has 1 aromatic carbocycles. The van der Waals surface area contributed by atoms with Crippen LogP contribution in [0.15, 0.2) is 22.7 Å². The van der Waals surface area contributed by atoms with Crippen molar-refractivity contribution in [1.29, 1.82) is 0 Å². The fourth-order valence-corrected chi connectivity index (χ4v) is 3.01. The predicted octanol–water partition coefficient (Wildman–Crippen LogP) is 5.06. The Morgan fingerprint density at radius 3 is 2.39 bits per heavy atom. The van der Waals surface area contributed by atoms with E-state index in [1.54, 1.807) is 0 Å². The molecule has 1 rings (SSSR count). The molecule has 0 atom stereocenters. The van der Waals surface area contributed by atoms with Gasteiger partial charge in [0, 0.05) is 16.0 Å². The van der Waals surface area contributed by atoms with Crippen molar-refractivity contribution >= 4 is 27.5 Å². The topological polar surface area (TPSA) is 12.0 Å². The van der Waals surface area contributed by atoms with E-state index in [0.29, 0.717) is 5.41 Å². The zero-order valence-electron chi connectivity index (χ0n) is 11.5. The molecule has 1 aromatic rings. The first-order valence-corrected chi connectivity index (χ1v) is 7.88. The minimum atomic E-state index is 0.313. The normalized spacial score (nSPS) is 11.8. The lowest BCUT2D eigenvalue weighted by Gasteiger charge is -2.32. The van der Waals surface area contributed by atoms with Gasteiger partial charge in [-0.05, 0) is 48.9 Å². The number of halogens is 2. The van der Waals surface area contributed by atoms with Gasteiger partial charge in [0.05, 0.1) is 0 Å². The van der Waals surface area contributed by atoms with Gasteiger partial charge in [0.25, 0.3) is 0 Å². The number of benzene rings is 1. The lowest BCUT2D eigenvalue weighted by molar-refractivity contribution is 0.248. The van der Waals surface area contributed by atoms with E-state index in [2.05, 4.69) is 54.2 Å². The maximum atomic E-state index is 6.33. The van der Waals surface area contributed by atoms with Crippen molar-refractivity contribution in [2.75, 3.05) is 13.1 Å². The summed E-state index contributed by atoms with van der Waals surface area (Å²) in [5, 5.41) is 4.36. The van der Waals surface area contributed by atoms with Crippen molar-refractivity contribution in [1.82, 2.24) is 5.32 Å². The minimum absolute atomic E-state index is 0.313. The van der Waals surface area contributed by atoms with E-state index in [1.807, 2.05) is 6.07 Å². The van der Waals surface area contributed by atoms with E-state index in [-0.39, 0.29) is 0 Å². The lowest BCUT2D eigenvalue weighted by Crippen LogP contribution is -2.35. The Balaban J connectivity index is 2.88. The number of nitrogens with one attached hydrogen (secondary N) is 1. The van der Waals surface area contributed by atoms with Crippen molar-refractivity contribution in [3.63, 3.8) is 0 Å². The van der Waals surface area contributed by atoms with Crippen LogP contribution in [0.3, 0.4) is 0 Å². The van der Waals surface area contributed by atoms with Crippen LogP contribution in [-0.2, 0) is 6.42 Å². The molecule has 0 heterocycles. The fraction of sp³-hybridized carbons (Fsp3) is 0.600. The summed E-state index contributed by atoms with van der Waals surface area (Å²) in [7, 11) is 0. The van der Waals surface area contributed by atoms with Crippen LogP contribution >= 0.6 is 27.5 Å². The first-order chi connectivity index (χ1) is 8.56. The number of hydrogen-bond donors (Lipinski definition) is 1. The summed E-state index contributed by atoms with van der Waals surface area (Å²) in [4.78, 5) is 0. The van der Waals surface area contributed by atoms with Gasteiger partial charge in [-0.25, -0.2) is 0 Å². The molecule has 0 radical (unpaired) electrons. The van der Waals surface area contributed by atoms with Crippen LogP contribution in [0.2, 0.25) is 5.02 Å². The second-order valence-corrected chi connectivity index (χ2v) is 6.22. The summed E-state index contributed by atoms with van der Waals surface area (Å²) >= 11 is 9.79. The molecular formula is C15H23BrClN. The molecule has 0 aliphatic heterocycles. The van der Waals surface area contributed by atoms with Crippen molar-refractivity contribution in [3.8, 4) is 0 Å². The van der Waals surface area contributed by atoms with Gasteiger partial charge >= 0.3 is 0 Å². The zero-order chi connectivity index (χ0) is 13.6. The molecule has 18 heavy (non-hydrogen) atoms. The van der Waals surface area contributed by atoms with Crippen molar-refractivity contribution in [2.45, 2.75) is 40.0 Å². The third kappa shape index (κ3) is 4.25. The highest BCUT2D eigenvalue weighted by atomic mass is 79.9. The van der Waals surface area contributed by atoms with Crippen molar-refractivity contribution in [2.24, 2.45) is 5.41 Å². The van der Waals surface area contributed by atoms with Crippen LogP contribution in [0.4, 0.5) is 0 Å². The van der Waals surface area contributed by atoms with E-state index in [1.165, 1.54) is 18.4 Å². The smallest absolute Gasteiger partial charge is 0.0449 e. The van der Waals surface area contributed by atoms with Gasteiger partial charge < -0.3 is 5.32 Å². The Labute approximate surface area is 124 Å². The number of hydrogen-bond acceptors (Lipinski definition) is 1. The van der Waals surface area contributed by atoms with Crippen LogP contribution in [0, 0.1) is 5.41 Å². The highest BCUT2D eigenvalue weighted by molar-refractivity contribution is 9.10. The van der Waals surface area contributed by atoms with Crippen LogP contribution < -0.4 is 5.32 Å². The fourth-order valence-electron chi connectivity index (χ4n) is 2.27. The monoisotopic (exact) mass is 331 g/mol. The Morgan fingerprint density at radius 1 is 1.22 bits per heavy atom. The van der Waals surface area contributed by atoms with Gasteiger partial charge in [0.2, 0.25) is 0 Å². The highest BCUT2D eigenvalue weighted by Gasteiger charge is 2.26. The Kier molecular flexibility index (Phi) is 6.68. The molecule has 0 spiro atoms. The second-order valence-electron chi connectivity index (χ2n) is 4.90. The summed E-state index contributed by atoms with van der Waals surface area (Å²) in [6.45, 7) is 8.78. The summed E-state index contributed by atoms with van der Waals surface area (Å²) < 4.78 is 1.04. The molecular weight excluding hydrogens is 310 g/mol. The van der Waals surface area contributed by atoms with E-state index in [9.17, 15) is 0 Å². The first kappa shape index (κ1) is 16.0. The quantitative estimate of drug-likeness (QED) is 0.736. The Bertz CT molecular complexity index is 375. The standard InChI is InChI=1S/C15H23BrClN/c1-4-15(5-2,11-18-6-3)10-12-7-8-13(16)9-14(12)17/h7-9,18H,4-6,10-11H2,1-3H3. The number of rotatable bonds is 7. The van der Waals surface area contributed by atoms with Crippen molar-refractivity contribution in [3.05, 3.63) is 33.3 Å². The summed E-state index contributed by atoms with van der Waals surface area (Å²) in [6, 6.07) is 6.20. The summed E-state index contributed by atoms with van der Waals surface area (Å²) in [5.41, 5.74) is 1.56. The van der Waals surface area contributed by atoms with Gasteiger partial charge in [0.1, 0.15) is 0 Å². The van der Waals surface area contributed by atoms with Gasteiger partial charge in [-0.3, -0.25) is 0 Å².